The van der Waals surface area contributed by atoms with Gasteiger partial charge in [-0.05, 0) is 22.8 Å². The smallest absolute Gasteiger partial charge is 0.512 e. The number of hydrogen-bond acceptors (Lipinski definition) is 3. The van der Waals surface area contributed by atoms with E-state index in [2.05, 4.69) is 30.3 Å². The van der Waals surface area contributed by atoms with Gasteiger partial charge in [0.1, 0.15) is 5.75 Å². The van der Waals surface area contributed by atoms with Gasteiger partial charge in [-0.25, -0.2) is 0 Å². The van der Waals surface area contributed by atoms with Crippen LogP contribution in [-0.4, -0.2) is 21.5 Å². The third kappa shape index (κ3) is 2.13. The van der Waals surface area contributed by atoms with Gasteiger partial charge in [0.05, 0.1) is 0 Å². The molecule has 96 valence electrons. The van der Waals surface area contributed by atoms with E-state index in [1.807, 2.05) is 12.1 Å². The topological polar surface area (TPSA) is 27.7 Å². The van der Waals surface area contributed by atoms with Crippen LogP contribution in [0.25, 0.3) is 11.1 Å². The summed E-state index contributed by atoms with van der Waals surface area (Å²) in [5.74, 6) is 0.822. The minimum Gasteiger partial charge on any atom is -0.512 e. The first-order valence-corrected chi connectivity index (χ1v) is 6.26. The van der Waals surface area contributed by atoms with Crippen molar-refractivity contribution in [2.24, 2.45) is 0 Å². The summed E-state index contributed by atoms with van der Waals surface area (Å²) >= 11 is 0. The van der Waals surface area contributed by atoms with Crippen molar-refractivity contribution in [2.45, 2.75) is 6.42 Å². The minimum absolute atomic E-state index is 0.671. The Kier molecular flexibility index (Phi) is 3.28. The molecule has 0 saturated carbocycles. The molecule has 0 atom stereocenters. The molecule has 2 aromatic rings. The first kappa shape index (κ1) is 12.3. The molecule has 1 aliphatic carbocycles. The van der Waals surface area contributed by atoms with Crippen molar-refractivity contribution in [1.29, 1.82) is 0 Å². The lowest BCUT2D eigenvalue weighted by molar-refractivity contribution is 0.201. The van der Waals surface area contributed by atoms with Gasteiger partial charge in [-0.1, -0.05) is 36.4 Å². The van der Waals surface area contributed by atoms with Gasteiger partial charge in [0, 0.05) is 26.2 Å². The van der Waals surface area contributed by atoms with Crippen LogP contribution < -0.4 is 4.65 Å². The summed E-state index contributed by atoms with van der Waals surface area (Å²) in [6.07, 6.45) is 0.891. The van der Waals surface area contributed by atoms with Crippen LogP contribution in [0.4, 0.5) is 0 Å². The average Bonchev–Trinajstić information content (AvgIpc) is 2.84. The van der Waals surface area contributed by atoms with Crippen molar-refractivity contribution in [3.05, 3.63) is 53.6 Å². The SMILES string of the molecule is COB(OC)Oc1cccc2c1Cc1ccccc1-2. The van der Waals surface area contributed by atoms with Crippen molar-refractivity contribution in [1.82, 2.24) is 0 Å². The molecule has 2 aromatic carbocycles. The van der Waals surface area contributed by atoms with Gasteiger partial charge in [0.25, 0.3) is 0 Å². The molecule has 0 aliphatic heterocycles. The van der Waals surface area contributed by atoms with Crippen LogP contribution in [0, 0.1) is 0 Å². The lowest BCUT2D eigenvalue weighted by atomic mass is 10.1. The predicted octanol–water partition coefficient (Wildman–Crippen LogP) is 2.91. The largest absolute Gasteiger partial charge is 0.712 e. The third-order valence-corrected chi connectivity index (χ3v) is 3.42. The summed E-state index contributed by atoms with van der Waals surface area (Å²) < 4.78 is 15.9. The second kappa shape index (κ2) is 5.07. The molecule has 0 radical (unpaired) electrons. The third-order valence-electron chi connectivity index (χ3n) is 3.42. The van der Waals surface area contributed by atoms with Crippen LogP contribution in [0.2, 0.25) is 0 Å². The van der Waals surface area contributed by atoms with E-state index in [-0.39, 0.29) is 0 Å². The number of hydrogen-bond donors (Lipinski definition) is 0. The Morgan fingerprint density at radius 2 is 1.63 bits per heavy atom. The van der Waals surface area contributed by atoms with Gasteiger partial charge in [-0.3, -0.25) is 0 Å². The molecule has 4 heteroatoms. The summed E-state index contributed by atoms with van der Waals surface area (Å²) in [5.41, 5.74) is 5.05. The molecule has 0 bridgehead atoms. The van der Waals surface area contributed by atoms with E-state index in [0.717, 1.165) is 12.2 Å². The van der Waals surface area contributed by atoms with E-state index in [9.17, 15) is 0 Å². The molecule has 0 saturated heterocycles. The zero-order chi connectivity index (χ0) is 13.2. The molecule has 1 aliphatic rings. The Bertz CT molecular complexity index is 594. The molecule has 0 spiro atoms. The Morgan fingerprint density at radius 3 is 2.42 bits per heavy atom. The zero-order valence-electron chi connectivity index (χ0n) is 11.1. The fraction of sp³-hybridized carbons (Fsp3) is 0.200. The minimum atomic E-state index is -0.671. The molecule has 3 rings (SSSR count). The van der Waals surface area contributed by atoms with Gasteiger partial charge < -0.3 is 14.0 Å². The van der Waals surface area contributed by atoms with E-state index >= 15 is 0 Å². The van der Waals surface area contributed by atoms with Crippen LogP contribution in [0.1, 0.15) is 11.1 Å². The van der Waals surface area contributed by atoms with Crippen LogP contribution >= 0.6 is 0 Å². The lowest BCUT2D eigenvalue weighted by Gasteiger charge is -2.14. The van der Waals surface area contributed by atoms with Gasteiger partial charge in [0.15, 0.2) is 0 Å². The summed E-state index contributed by atoms with van der Waals surface area (Å²) in [5, 5.41) is 0. The molecular formula is C15H15BO3. The molecule has 0 fully saturated rings. The number of fused-ring (bicyclic) bond motifs is 3. The highest BCUT2D eigenvalue weighted by atomic mass is 16.7. The average molecular weight is 254 g/mol. The maximum atomic E-state index is 5.74. The van der Waals surface area contributed by atoms with Crippen LogP contribution in [0.5, 0.6) is 5.75 Å². The van der Waals surface area contributed by atoms with Crippen LogP contribution in [0.15, 0.2) is 42.5 Å². The quantitative estimate of drug-likeness (QED) is 0.670. The van der Waals surface area contributed by atoms with Crippen molar-refractivity contribution in [2.75, 3.05) is 14.2 Å². The van der Waals surface area contributed by atoms with E-state index < -0.39 is 7.32 Å². The van der Waals surface area contributed by atoms with E-state index in [0.29, 0.717) is 0 Å². The summed E-state index contributed by atoms with van der Waals surface area (Å²) in [4.78, 5) is 0. The molecule has 0 unspecified atom stereocenters. The van der Waals surface area contributed by atoms with Crippen LogP contribution in [0.3, 0.4) is 0 Å². The monoisotopic (exact) mass is 254 g/mol. The van der Waals surface area contributed by atoms with E-state index in [1.165, 1.54) is 22.3 Å². The Hall–Kier alpha value is -1.78. The summed E-state index contributed by atoms with van der Waals surface area (Å²) in [6, 6.07) is 14.5. The highest BCUT2D eigenvalue weighted by Crippen LogP contribution is 2.41. The summed E-state index contributed by atoms with van der Waals surface area (Å²) in [6.45, 7) is 0. The Labute approximate surface area is 113 Å². The standard InChI is InChI=1S/C15H15BO3/c1-17-16(18-2)19-15-9-5-8-13-12-7-4-3-6-11(12)10-14(13)15/h3-9H,10H2,1-2H3. The first-order valence-electron chi connectivity index (χ1n) is 6.26. The Balaban J connectivity index is 1.99. The summed E-state index contributed by atoms with van der Waals surface area (Å²) in [7, 11) is 2.45. The van der Waals surface area contributed by atoms with Crippen molar-refractivity contribution < 1.29 is 14.0 Å². The fourth-order valence-corrected chi connectivity index (χ4v) is 2.53. The Morgan fingerprint density at radius 1 is 0.895 bits per heavy atom. The molecule has 0 amide bonds. The molecule has 0 aromatic heterocycles. The van der Waals surface area contributed by atoms with Gasteiger partial charge in [-0.2, -0.15) is 0 Å². The number of benzene rings is 2. The second-order valence-corrected chi connectivity index (χ2v) is 4.49. The molecule has 19 heavy (non-hydrogen) atoms. The normalized spacial score (nSPS) is 11.9. The highest BCUT2D eigenvalue weighted by molar-refractivity contribution is 6.37. The first-order chi connectivity index (χ1) is 9.33. The second-order valence-electron chi connectivity index (χ2n) is 4.49. The van der Waals surface area contributed by atoms with E-state index in [4.69, 9.17) is 14.0 Å². The molecular weight excluding hydrogens is 239 g/mol. The van der Waals surface area contributed by atoms with Crippen molar-refractivity contribution in [3.63, 3.8) is 0 Å². The van der Waals surface area contributed by atoms with Crippen molar-refractivity contribution in [3.8, 4) is 16.9 Å². The predicted molar refractivity (Wildman–Crippen MR) is 75.1 cm³/mol. The fourth-order valence-electron chi connectivity index (χ4n) is 2.53. The van der Waals surface area contributed by atoms with Gasteiger partial charge in [-0.15, -0.1) is 0 Å². The van der Waals surface area contributed by atoms with Crippen molar-refractivity contribution >= 4 is 7.32 Å². The molecule has 3 nitrogen and oxygen atoms in total. The van der Waals surface area contributed by atoms with Gasteiger partial charge >= 0.3 is 7.32 Å². The maximum Gasteiger partial charge on any atom is 0.712 e. The number of rotatable bonds is 4. The highest BCUT2D eigenvalue weighted by Gasteiger charge is 2.26. The molecule has 0 N–H and O–H groups in total. The van der Waals surface area contributed by atoms with Gasteiger partial charge in [0.2, 0.25) is 0 Å². The van der Waals surface area contributed by atoms with Crippen LogP contribution in [-0.2, 0) is 15.7 Å². The lowest BCUT2D eigenvalue weighted by Crippen LogP contribution is -2.27. The maximum absolute atomic E-state index is 5.74. The molecule has 0 heterocycles. The van der Waals surface area contributed by atoms with E-state index in [1.54, 1.807) is 14.2 Å². The zero-order valence-corrected chi connectivity index (χ0v) is 11.1.